The summed E-state index contributed by atoms with van der Waals surface area (Å²) in [7, 11) is -2.41. The maximum Gasteiger partial charge on any atom is 0.416 e. The molecular weight excluding hydrogens is 449 g/mol. The molecule has 168 valence electrons. The van der Waals surface area contributed by atoms with Crippen LogP contribution in [0.2, 0.25) is 0 Å². The van der Waals surface area contributed by atoms with Crippen LogP contribution in [0.4, 0.5) is 13.2 Å². The van der Waals surface area contributed by atoms with E-state index in [9.17, 15) is 26.4 Å². The fraction of sp³-hybridized carbons (Fsp3) is 0.143. The number of hydrogen-bond acceptors (Lipinski definition) is 6. The summed E-state index contributed by atoms with van der Waals surface area (Å²) in [5.41, 5.74) is -0.0789. The van der Waals surface area contributed by atoms with Crippen LogP contribution in [-0.2, 0) is 16.2 Å². The second-order valence-corrected chi connectivity index (χ2v) is 8.35. The number of rotatable bonds is 6. The van der Waals surface area contributed by atoms with Crippen molar-refractivity contribution in [2.24, 2.45) is 0 Å². The van der Waals surface area contributed by atoms with Crippen LogP contribution in [0.1, 0.15) is 15.9 Å². The highest BCUT2D eigenvalue weighted by Gasteiger charge is 2.30. The van der Waals surface area contributed by atoms with Crippen LogP contribution in [-0.4, -0.2) is 32.7 Å². The first kappa shape index (κ1) is 23.1. The summed E-state index contributed by atoms with van der Waals surface area (Å²) in [5.74, 6) is -0.356. The molecule has 1 amide bonds. The molecule has 0 radical (unpaired) electrons. The van der Waals surface area contributed by atoms with Crippen LogP contribution in [0.3, 0.4) is 0 Å². The van der Waals surface area contributed by atoms with Crippen molar-refractivity contribution >= 4 is 15.9 Å². The third-order valence-corrected chi connectivity index (χ3v) is 4.74. The predicted molar refractivity (Wildman–Crippen MR) is 110 cm³/mol. The maximum absolute atomic E-state index is 12.8. The summed E-state index contributed by atoms with van der Waals surface area (Å²) in [6, 6.07) is 11.4. The smallest absolute Gasteiger partial charge is 0.416 e. The molecule has 7 nitrogen and oxygen atoms in total. The highest BCUT2D eigenvalue weighted by molar-refractivity contribution is 7.89. The SMILES string of the molecule is COc1ncccc1-c1cc(C(=O)NS(C)(=O)=O)ccc1Oc1ccc(C(F)(F)F)cc1. The zero-order valence-corrected chi connectivity index (χ0v) is 17.6. The minimum absolute atomic E-state index is 0.0103. The number of carbonyl (C=O) groups excluding carboxylic acids is 1. The van der Waals surface area contributed by atoms with Crippen molar-refractivity contribution in [3.8, 4) is 28.5 Å². The monoisotopic (exact) mass is 466 g/mol. The van der Waals surface area contributed by atoms with E-state index in [4.69, 9.17) is 9.47 Å². The molecular formula is C21H17F3N2O5S. The van der Waals surface area contributed by atoms with E-state index in [0.717, 1.165) is 30.5 Å². The zero-order valence-electron chi connectivity index (χ0n) is 16.8. The van der Waals surface area contributed by atoms with Gasteiger partial charge in [-0.2, -0.15) is 13.2 Å². The molecule has 0 aliphatic heterocycles. The van der Waals surface area contributed by atoms with Crippen LogP contribution in [0.15, 0.2) is 60.8 Å². The highest BCUT2D eigenvalue weighted by atomic mass is 32.2. The van der Waals surface area contributed by atoms with Crippen molar-refractivity contribution in [3.63, 3.8) is 0 Å². The Kier molecular flexibility index (Phi) is 6.40. The number of nitrogens with zero attached hydrogens (tertiary/aromatic N) is 1. The molecule has 3 rings (SSSR count). The lowest BCUT2D eigenvalue weighted by Gasteiger charge is -2.15. The number of methoxy groups -OCH3 is 1. The first-order chi connectivity index (χ1) is 15.0. The summed E-state index contributed by atoms with van der Waals surface area (Å²) in [4.78, 5) is 16.4. The molecule has 32 heavy (non-hydrogen) atoms. The van der Waals surface area contributed by atoms with Crippen LogP contribution < -0.4 is 14.2 Å². The van der Waals surface area contributed by atoms with Gasteiger partial charge in [-0.05, 0) is 54.6 Å². The van der Waals surface area contributed by atoms with Gasteiger partial charge >= 0.3 is 6.18 Å². The van der Waals surface area contributed by atoms with Crippen molar-refractivity contribution in [2.75, 3.05) is 13.4 Å². The number of sulfonamides is 1. The first-order valence-corrected chi connectivity index (χ1v) is 10.9. The number of amides is 1. The van der Waals surface area contributed by atoms with Gasteiger partial charge in [-0.15, -0.1) is 0 Å². The molecule has 3 aromatic rings. The number of carbonyl (C=O) groups is 1. The topological polar surface area (TPSA) is 94.6 Å². The number of ether oxygens (including phenoxy) is 2. The van der Waals surface area contributed by atoms with Gasteiger partial charge in [-0.25, -0.2) is 18.1 Å². The Balaban J connectivity index is 2.06. The molecule has 1 N–H and O–H groups in total. The molecule has 1 heterocycles. The van der Waals surface area contributed by atoms with E-state index in [0.29, 0.717) is 11.1 Å². The number of nitrogens with one attached hydrogen (secondary N) is 1. The zero-order chi connectivity index (χ0) is 23.5. The third kappa shape index (κ3) is 5.55. The fourth-order valence-electron chi connectivity index (χ4n) is 2.80. The van der Waals surface area contributed by atoms with Gasteiger partial charge in [-0.3, -0.25) is 4.79 Å². The largest absolute Gasteiger partial charge is 0.481 e. The molecule has 0 saturated carbocycles. The lowest BCUT2D eigenvalue weighted by molar-refractivity contribution is -0.137. The quantitative estimate of drug-likeness (QED) is 0.584. The van der Waals surface area contributed by atoms with E-state index in [2.05, 4.69) is 4.98 Å². The molecule has 0 aliphatic carbocycles. The van der Waals surface area contributed by atoms with Crippen LogP contribution in [0, 0.1) is 0 Å². The van der Waals surface area contributed by atoms with Crippen molar-refractivity contribution < 1.29 is 35.9 Å². The molecule has 1 aromatic heterocycles. The van der Waals surface area contributed by atoms with Crippen molar-refractivity contribution in [1.29, 1.82) is 0 Å². The number of halogens is 3. The van der Waals surface area contributed by atoms with E-state index in [1.165, 1.54) is 31.5 Å². The lowest BCUT2D eigenvalue weighted by Crippen LogP contribution is -2.29. The number of pyridine rings is 1. The Labute approximate surface area is 181 Å². The van der Waals surface area contributed by atoms with Crippen molar-refractivity contribution in [1.82, 2.24) is 9.71 Å². The Morgan fingerprint density at radius 2 is 1.72 bits per heavy atom. The number of benzene rings is 2. The van der Waals surface area contributed by atoms with Crippen LogP contribution in [0.25, 0.3) is 11.1 Å². The van der Waals surface area contributed by atoms with Gasteiger partial charge in [0, 0.05) is 22.9 Å². The Bertz CT molecular complexity index is 1240. The number of alkyl halides is 3. The highest BCUT2D eigenvalue weighted by Crippen LogP contribution is 2.38. The van der Waals surface area contributed by atoms with Crippen molar-refractivity contribution in [2.45, 2.75) is 6.18 Å². The molecule has 0 aliphatic rings. The minimum Gasteiger partial charge on any atom is -0.481 e. The first-order valence-electron chi connectivity index (χ1n) is 8.98. The van der Waals surface area contributed by atoms with Crippen LogP contribution in [0.5, 0.6) is 17.4 Å². The standard InChI is InChI=1S/C21H17F3N2O5S/c1-30-20-16(4-3-11-25-20)17-12-13(19(27)26-32(2,28)29)5-10-18(17)31-15-8-6-14(7-9-15)21(22,23)24/h3-12H,1-2H3,(H,26,27). The van der Waals surface area contributed by atoms with Gasteiger partial charge in [0.1, 0.15) is 11.5 Å². The summed E-state index contributed by atoms with van der Waals surface area (Å²) in [5, 5.41) is 0. The third-order valence-electron chi connectivity index (χ3n) is 4.18. The van der Waals surface area contributed by atoms with Gasteiger partial charge in [0.25, 0.3) is 5.91 Å². The Hall–Kier alpha value is -3.60. The van der Waals surface area contributed by atoms with Gasteiger partial charge in [0.05, 0.1) is 18.9 Å². The van der Waals surface area contributed by atoms with Gasteiger partial charge in [0.2, 0.25) is 15.9 Å². The second kappa shape index (κ2) is 8.87. The normalized spacial score (nSPS) is 11.7. The average Bonchev–Trinajstić information content (AvgIpc) is 2.72. The summed E-state index contributed by atoms with van der Waals surface area (Å²) in [6.07, 6.45) is -2.15. The molecule has 0 atom stereocenters. The number of hydrogen-bond donors (Lipinski definition) is 1. The van der Waals surface area contributed by atoms with E-state index < -0.39 is 27.7 Å². The van der Waals surface area contributed by atoms with Crippen LogP contribution >= 0.6 is 0 Å². The molecule has 0 spiro atoms. The Morgan fingerprint density at radius 1 is 1.03 bits per heavy atom. The second-order valence-electron chi connectivity index (χ2n) is 6.60. The summed E-state index contributed by atoms with van der Waals surface area (Å²) < 4.78 is 74.1. The summed E-state index contributed by atoms with van der Waals surface area (Å²) >= 11 is 0. The Morgan fingerprint density at radius 3 is 2.31 bits per heavy atom. The summed E-state index contributed by atoms with van der Waals surface area (Å²) in [6.45, 7) is 0. The molecule has 2 aromatic carbocycles. The van der Waals surface area contributed by atoms with E-state index in [-0.39, 0.29) is 22.9 Å². The predicted octanol–water partition coefficient (Wildman–Crippen LogP) is 4.26. The lowest BCUT2D eigenvalue weighted by atomic mass is 10.0. The molecule has 0 bridgehead atoms. The van der Waals surface area contributed by atoms with E-state index in [1.54, 1.807) is 12.1 Å². The van der Waals surface area contributed by atoms with E-state index >= 15 is 0 Å². The van der Waals surface area contributed by atoms with Gasteiger partial charge in [0.15, 0.2) is 0 Å². The molecule has 0 fully saturated rings. The van der Waals surface area contributed by atoms with Gasteiger partial charge < -0.3 is 9.47 Å². The number of aromatic nitrogens is 1. The van der Waals surface area contributed by atoms with E-state index in [1.807, 2.05) is 4.72 Å². The molecule has 0 unspecified atom stereocenters. The molecule has 11 heteroatoms. The average molecular weight is 466 g/mol. The van der Waals surface area contributed by atoms with Crippen molar-refractivity contribution in [3.05, 3.63) is 71.9 Å². The van der Waals surface area contributed by atoms with Gasteiger partial charge in [-0.1, -0.05) is 0 Å². The minimum atomic E-state index is -4.48. The maximum atomic E-state index is 12.8. The molecule has 0 saturated heterocycles. The fourth-order valence-corrected chi connectivity index (χ4v) is 3.25.